The van der Waals surface area contributed by atoms with E-state index in [9.17, 15) is 9.59 Å². The van der Waals surface area contributed by atoms with E-state index in [-0.39, 0.29) is 5.78 Å². The molecule has 7 nitrogen and oxygen atoms in total. The molecule has 0 atom stereocenters. The number of halogens is 2. The normalized spacial score (nSPS) is 15.8. The molecule has 0 spiro atoms. The number of ketones is 1. The lowest BCUT2D eigenvalue weighted by Crippen LogP contribution is -2.49. The Morgan fingerprint density at radius 1 is 0.879 bits per heavy atom. The highest BCUT2D eigenvalue weighted by atomic mass is 79.9. The van der Waals surface area contributed by atoms with Crippen molar-refractivity contribution in [2.24, 2.45) is 0 Å². The highest BCUT2D eigenvalue weighted by molar-refractivity contribution is 9.10. The van der Waals surface area contributed by atoms with E-state index in [1.165, 1.54) is 0 Å². The zero-order chi connectivity index (χ0) is 23.8. The fourth-order valence-electron chi connectivity index (χ4n) is 4.05. The van der Waals surface area contributed by atoms with E-state index >= 15 is 0 Å². The number of hydrogen-bond donors (Lipinski definition) is 0. The van der Waals surface area contributed by atoms with Crippen molar-refractivity contribution in [2.75, 3.05) is 32.7 Å². The lowest BCUT2D eigenvalue weighted by atomic mass is 10.2. The van der Waals surface area contributed by atoms with Gasteiger partial charge in [-0.25, -0.2) is 4.79 Å². The molecule has 0 saturated carbocycles. The van der Waals surface area contributed by atoms with Crippen molar-refractivity contribution in [2.45, 2.75) is 32.9 Å². The van der Waals surface area contributed by atoms with Gasteiger partial charge in [0, 0.05) is 56.9 Å². The fraction of sp³-hybridized carbons (Fsp3) is 0.417. The molecule has 3 aromatic rings. The van der Waals surface area contributed by atoms with Crippen molar-refractivity contribution in [3.05, 3.63) is 45.3 Å². The molecule has 2 aromatic carbocycles. The molecule has 0 radical (unpaired) electrons. The predicted octanol–water partition coefficient (Wildman–Crippen LogP) is 5.37. The van der Waals surface area contributed by atoms with Crippen molar-refractivity contribution in [1.29, 1.82) is 0 Å². The van der Waals surface area contributed by atoms with Crippen molar-refractivity contribution in [3.8, 4) is 0 Å². The number of aromatic nitrogens is 1. The standard InChI is InChI=1S/C24H27Br2N3O4/c1-24(2,3)32-23(31)33-28-10-8-27(9-11-28)14-18(30)15-29-21-6-4-16(25)12-19(21)20-13-17(26)5-7-22(20)29/h4-7,12-13H,8-11,14-15H2,1-3H3. The molecule has 0 amide bonds. The molecule has 1 aliphatic heterocycles. The van der Waals surface area contributed by atoms with Gasteiger partial charge < -0.3 is 14.1 Å². The van der Waals surface area contributed by atoms with Gasteiger partial charge in [0.2, 0.25) is 0 Å². The van der Waals surface area contributed by atoms with Crippen LogP contribution in [0.15, 0.2) is 45.3 Å². The average molecular weight is 581 g/mol. The van der Waals surface area contributed by atoms with Gasteiger partial charge in [0.25, 0.3) is 0 Å². The summed E-state index contributed by atoms with van der Waals surface area (Å²) in [4.78, 5) is 32.2. The summed E-state index contributed by atoms with van der Waals surface area (Å²) in [7, 11) is 0. The van der Waals surface area contributed by atoms with E-state index < -0.39 is 11.8 Å². The molecule has 0 N–H and O–H groups in total. The van der Waals surface area contributed by atoms with Gasteiger partial charge in [0.1, 0.15) is 5.60 Å². The molecule has 0 unspecified atom stereocenters. The highest BCUT2D eigenvalue weighted by Crippen LogP contribution is 2.33. The number of piperazine rings is 1. The summed E-state index contributed by atoms with van der Waals surface area (Å²) in [6.07, 6.45) is -0.698. The van der Waals surface area contributed by atoms with Crippen molar-refractivity contribution >= 4 is 65.6 Å². The molecule has 4 rings (SSSR count). The van der Waals surface area contributed by atoms with E-state index in [2.05, 4.69) is 53.5 Å². The maximum Gasteiger partial charge on any atom is 0.528 e. The number of ether oxygens (including phenoxy) is 1. The minimum atomic E-state index is -0.698. The van der Waals surface area contributed by atoms with Gasteiger partial charge >= 0.3 is 6.16 Å². The summed E-state index contributed by atoms with van der Waals surface area (Å²) in [6, 6.07) is 12.3. The molecule has 1 aliphatic rings. The van der Waals surface area contributed by atoms with Crippen LogP contribution in [-0.4, -0.2) is 64.8 Å². The third-order valence-corrected chi connectivity index (χ3v) is 6.43. The van der Waals surface area contributed by atoms with E-state index in [4.69, 9.17) is 9.57 Å². The second-order valence-electron chi connectivity index (χ2n) is 9.21. The van der Waals surface area contributed by atoms with Crippen molar-refractivity contribution in [3.63, 3.8) is 0 Å². The highest BCUT2D eigenvalue weighted by Gasteiger charge is 2.25. The second kappa shape index (κ2) is 9.74. The van der Waals surface area contributed by atoms with Gasteiger partial charge in [-0.15, -0.1) is 5.06 Å². The Bertz CT molecular complexity index is 1130. The Morgan fingerprint density at radius 2 is 1.42 bits per heavy atom. The summed E-state index contributed by atoms with van der Waals surface area (Å²) < 4.78 is 9.30. The fourth-order valence-corrected chi connectivity index (χ4v) is 4.77. The van der Waals surface area contributed by atoms with Crippen LogP contribution in [-0.2, 0) is 20.9 Å². The first-order valence-corrected chi connectivity index (χ1v) is 12.4. The van der Waals surface area contributed by atoms with E-state index in [1.807, 2.05) is 24.3 Å². The number of hydrogen-bond acceptors (Lipinski definition) is 6. The maximum atomic E-state index is 13.0. The Morgan fingerprint density at radius 3 is 1.94 bits per heavy atom. The van der Waals surface area contributed by atoms with Crippen LogP contribution in [0.2, 0.25) is 0 Å². The SMILES string of the molecule is CC(C)(C)OC(=O)ON1CCN(CC(=O)Cn2c3ccc(Br)cc3c3cc(Br)ccc32)CC1. The zero-order valence-electron chi connectivity index (χ0n) is 18.9. The molecule has 1 aromatic heterocycles. The Hall–Kier alpha value is -1.94. The summed E-state index contributed by atoms with van der Waals surface area (Å²) in [5.41, 5.74) is 1.48. The smallest absolute Gasteiger partial charge is 0.427 e. The first kappa shape index (κ1) is 24.2. The number of Topliss-reactive ketones (excluding diaryl/α,β-unsaturated/α-hetero) is 1. The summed E-state index contributed by atoms with van der Waals surface area (Å²) >= 11 is 7.12. The number of hydroxylamine groups is 2. The van der Waals surface area contributed by atoms with Crippen LogP contribution in [0.1, 0.15) is 20.8 Å². The average Bonchev–Trinajstić information content (AvgIpc) is 3.00. The van der Waals surface area contributed by atoms with Gasteiger partial charge in [-0.05, 0) is 57.2 Å². The van der Waals surface area contributed by atoms with E-state index in [0.29, 0.717) is 39.3 Å². The molecule has 1 saturated heterocycles. The van der Waals surface area contributed by atoms with Gasteiger partial charge in [0.05, 0.1) is 13.1 Å². The Labute approximate surface area is 209 Å². The molecule has 1 fully saturated rings. The summed E-state index contributed by atoms with van der Waals surface area (Å²) in [6.45, 7) is 8.40. The van der Waals surface area contributed by atoms with Gasteiger partial charge in [-0.2, -0.15) is 0 Å². The largest absolute Gasteiger partial charge is 0.528 e. The van der Waals surface area contributed by atoms with Crippen LogP contribution < -0.4 is 0 Å². The van der Waals surface area contributed by atoms with Gasteiger partial charge in [-0.1, -0.05) is 31.9 Å². The van der Waals surface area contributed by atoms with Crippen LogP contribution in [0.25, 0.3) is 21.8 Å². The topological polar surface area (TPSA) is 64.0 Å². The number of benzene rings is 2. The first-order chi connectivity index (χ1) is 15.6. The van der Waals surface area contributed by atoms with E-state index in [0.717, 1.165) is 30.8 Å². The third-order valence-electron chi connectivity index (χ3n) is 5.45. The van der Waals surface area contributed by atoms with Crippen LogP contribution >= 0.6 is 31.9 Å². The molecule has 0 bridgehead atoms. The molecule has 176 valence electrons. The van der Waals surface area contributed by atoms with Crippen molar-refractivity contribution in [1.82, 2.24) is 14.5 Å². The van der Waals surface area contributed by atoms with Gasteiger partial charge in [0.15, 0.2) is 5.78 Å². The molecule has 9 heteroatoms. The monoisotopic (exact) mass is 579 g/mol. The zero-order valence-corrected chi connectivity index (χ0v) is 22.1. The van der Waals surface area contributed by atoms with E-state index in [1.54, 1.807) is 25.8 Å². The lowest BCUT2D eigenvalue weighted by molar-refractivity contribution is -0.159. The van der Waals surface area contributed by atoms with Gasteiger partial charge in [-0.3, -0.25) is 9.69 Å². The predicted molar refractivity (Wildman–Crippen MR) is 135 cm³/mol. The molecular formula is C24H27Br2N3O4. The van der Waals surface area contributed by atoms with Crippen LogP contribution in [0.5, 0.6) is 0 Å². The minimum Gasteiger partial charge on any atom is -0.427 e. The number of rotatable bonds is 5. The van der Waals surface area contributed by atoms with Crippen LogP contribution in [0, 0.1) is 0 Å². The molecule has 33 heavy (non-hydrogen) atoms. The van der Waals surface area contributed by atoms with Crippen molar-refractivity contribution < 1.29 is 19.2 Å². The van der Waals surface area contributed by atoms with Crippen LogP contribution in [0.3, 0.4) is 0 Å². The molecular weight excluding hydrogens is 554 g/mol. The van der Waals surface area contributed by atoms with Crippen LogP contribution in [0.4, 0.5) is 4.79 Å². The minimum absolute atomic E-state index is 0.140. The molecule has 0 aliphatic carbocycles. The molecule has 2 heterocycles. The number of carbonyl (C=O) groups excluding carboxylic acids is 2. The lowest BCUT2D eigenvalue weighted by Gasteiger charge is -2.33. The Kier molecular flexibility index (Phi) is 7.14. The maximum absolute atomic E-state index is 13.0. The third kappa shape index (κ3) is 5.95. The quantitative estimate of drug-likeness (QED) is 0.378. The second-order valence-corrected chi connectivity index (χ2v) is 11.0. The summed E-state index contributed by atoms with van der Waals surface area (Å²) in [5.74, 6) is 0.140. The first-order valence-electron chi connectivity index (χ1n) is 10.9. The number of fused-ring (bicyclic) bond motifs is 3. The Balaban J connectivity index is 1.39. The number of carbonyl (C=O) groups is 2. The summed E-state index contributed by atoms with van der Waals surface area (Å²) in [5, 5.41) is 3.82. The number of nitrogens with zero attached hydrogens (tertiary/aromatic N) is 3.